The van der Waals surface area contributed by atoms with E-state index >= 15 is 0 Å². The fourth-order valence-electron chi connectivity index (χ4n) is 1.94. The molecule has 0 amide bonds. The summed E-state index contributed by atoms with van der Waals surface area (Å²) >= 11 is 0. The van der Waals surface area contributed by atoms with E-state index in [-0.39, 0.29) is 0 Å². The molecule has 2 rings (SSSR count). The monoisotopic (exact) mass is 226 g/mol. The molecule has 0 bridgehead atoms. The first-order valence-corrected chi connectivity index (χ1v) is 5.94. The highest BCUT2D eigenvalue weighted by molar-refractivity contribution is 5.48. The van der Waals surface area contributed by atoms with E-state index in [0.717, 1.165) is 18.8 Å². The molecular formula is C15H18N2. The lowest BCUT2D eigenvalue weighted by molar-refractivity contribution is 0.832. The Kier molecular flexibility index (Phi) is 3.66. The molecule has 0 saturated carbocycles. The minimum atomic E-state index is 0.826. The van der Waals surface area contributed by atoms with Gasteiger partial charge in [-0.15, -0.1) is 0 Å². The molecule has 0 aromatic heterocycles. The SMILES string of the molecule is CCN(Cc1cccc(N)c1)c1ccccc1. The summed E-state index contributed by atoms with van der Waals surface area (Å²) in [6.07, 6.45) is 0. The number of nitrogens with zero attached hydrogens (tertiary/aromatic N) is 1. The second kappa shape index (κ2) is 5.39. The van der Waals surface area contributed by atoms with Crippen LogP contribution in [0, 0.1) is 0 Å². The van der Waals surface area contributed by atoms with Gasteiger partial charge in [-0.2, -0.15) is 0 Å². The first kappa shape index (κ1) is 11.5. The molecule has 0 heterocycles. The van der Waals surface area contributed by atoms with Crippen LogP contribution in [0.1, 0.15) is 12.5 Å². The highest BCUT2D eigenvalue weighted by atomic mass is 15.1. The van der Waals surface area contributed by atoms with Crippen LogP contribution in [0.4, 0.5) is 11.4 Å². The number of para-hydroxylation sites is 1. The van der Waals surface area contributed by atoms with Crippen LogP contribution in [-0.4, -0.2) is 6.54 Å². The zero-order valence-corrected chi connectivity index (χ0v) is 10.1. The Morgan fingerprint density at radius 1 is 1.00 bits per heavy atom. The topological polar surface area (TPSA) is 29.3 Å². The first-order valence-electron chi connectivity index (χ1n) is 5.94. The van der Waals surface area contributed by atoms with Crippen molar-refractivity contribution in [3.8, 4) is 0 Å². The summed E-state index contributed by atoms with van der Waals surface area (Å²) in [6, 6.07) is 18.5. The van der Waals surface area contributed by atoms with Gasteiger partial charge in [-0.05, 0) is 36.8 Å². The Bertz CT molecular complexity index is 465. The smallest absolute Gasteiger partial charge is 0.0430 e. The third kappa shape index (κ3) is 3.00. The van der Waals surface area contributed by atoms with Gasteiger partial charge in [-0.25, -0.2) is 0 Å². The van der Waals surface area contributed by atoms with Gasteiger partial charge >= 0.3 is 0 Å². The Morgan fingerprint density at radius 3 is 2.41 bits per heavy atom. The molecule has 0 spiro atoms. The molecule has 2 nitrogen and oxygen atoms in total. The van der Waals surface area contributed by atoms with Crippen LogP contribution in [0.25, 0.3) is 0 Å². The van der Waals surface area contributed by atoms with Crippen LogP contribution in [0.5, 0.6) is 0 Å². The van der Waals surface area contributed by atoms with Gasteiger partial charge in [0.1, 0.15) is 0 Å². The van der Waals surface area contributed by atoms with Crippen LogP contribution in [-0.2, 0) is 6.54 Å². The quantitative estimate of drug-likeness (QED) is 0.810. The lowest BCUT2D eigenvalue weighted by Crippen LogP contribution is -2.21. The summed E-state index contributed by atoms with van der Waals surface area (Å²) in [7, 11) is 0. The van der Waals surface area contributed by atoms with Crippen LogP contribution in [0.2, 0.25) is 0 Å². The number of rotatable bonds is 4. The molecular weight excluding hydrogens is 208 g/mol. The van der Waals surface area contributed by atoms with Crippen LogP contribution >= 0.6 is 0 Å². The van der Waals surface area contributed by atoms with E-state index in [0.29, 0.717) is 0 Å². The lowest BCUT2D eigenvalue weighted by atomic mass is 10.1. The third-order valence-electron chi connectivity index (χ3n) is 2.83. The summed E-state index contributed by atoms with van der Waals surface area (Å²) in [5.41, 5.74) is 9.12. The molecule has 0 unspecified atom stereocenters. The van der Waals surface area contributed by atoms with E-state index < -0.39 is 0 Å². The maximum atomic E-state index is 5.80. The average Bonchev–Trinajstić information content (AvgIpc) is 2.37. The molecule has 0 saturated heterocycles. The van der Waals surface area contributed by atoms with Gasteiger partial charge in [0, 0.05) is 24.5 Å². The van der Waals surface area contributed by atoms with Gasteiger partial charge < -0.3 is 10.6 Å². The van der Waals surface area contributed by atoms with Gasteiger partial charge in [0.05, 0.1) is 0 Å². The molecule has 0 fully saturated rings. The molecule has 0 aliphatic rings. The van der Waals surface area contributed by atoms with Crippen molar-refractivity contribution in [1.29, 1.82) is 0 Å². The van der Waals surface area contributed by atoms with Crippen molar-refractivity contribution in [2.24, 2.45) is 0 Å². The fraction of sp³-hybridized carbons (Fsp3) is 0.200. The maximum Gasteiger partial charge on any atom is 0.0430 e. The number of benzene rings is 2. The molecule has 2 heteroatoms. The minimum absolute atomic E-state index is 0.826. The van der Waals surface area contributed by atoms with Crippen LogP contribution < -0.4 is 10.6 Å². The van der Waals surface area contributed by atoms with Crippen LogP contribution in [0.3, 0.4) is 0 Å². The molecule has 2 aromatic rings. The van der Waals surface area contributed by atoms with Crippen molar-refractivity contribution in [1.82, 2.24) is 0 Å². The van der Waals surface area contributed by atoms with Crippen molar-refractivity contribution in [2.75, 3.05) is 17.2 Å². The van der Waals surface area contributed by atoms with Crippen molar-refractivity contribution >= 4 is 11.4 Å². The number of hydrogen-bond acceptors (Lipinski definition) is 2. The predicted octanol–water partition coefficient (Wildman–Crippen LogP) is 3.30. The highest BCUT2D eigenvalue weighted by Gasteiger charge is 2.04. The summed E-state index contributed by atoms with van der Waals surface area (Å²) in [4.78, 5) is 2.33. The Hall–Kier alpha value is -1.96. The van der Waals surface area contributed by atoms with E-state index in [1.165, 1.54) is 11.3 Å². The third-order valence-corrected chi connectivity index (χ3v) is 2.83. The van der Waals surface area contributed by atoms with E-state index in [2.05, 4.69) is 42.2 Å². The summed E-state index contributed by atoms with van der Waals surface area (Å²) in [5.74, 6) is 0. The lowest BCUT2D eigenvalue weighted by Gasteiger charge is -2.23. The first-order chi connectivity index (χ1) is 8.29. The van der Waals surface area contributed by atoms with Crippen molar-refractivity contribution in [3.05, 3.63) is 60.2 Å². The van der Waals surface area contributed by atoms with E-state index in [9.17, 15) is 0 Å². The van der Waals surface area contributed by atoms with Crippen LogP contribution in [0.15, 0.2) is 54.6 Å². The van der Waals surface area contributed by atoms with Gasteiger partial charge in [0.15, 0.2) is 0 Å². The van der Waals surface area contributed by atoms with Gasteiger partial charge in [0.2, 0.25) is 0 Å². The summed E-state index contributed by atoms with van der Waals surface area (Å²) < 4.78 is 0. The Labute approximate surface area is 103 Å². The Balaban J connectivity index is 2.16. The predicted molar refractivity (Wildman–Crippen MR) is 74.0 cm³/mol. The summed E-state index contributed by atoms with van der Waals surface area (Å²) in [6.45, 7) is 4.05. The highest BCUT2D eigenvalue weighted by Crippen LogP contribution is 2.17. The molecule has 0 radical (unpaired) electrons. The molecule has 0 aliphatic carbocycles. The number of hydrogen-bond donors (Lipinski definition) is 1. The largest absolute Gasteiger partial charge is 0.399 e. The minimum Gasteiger partial charge on any atom is -0.399 e. The van der Waals surface area contributed by atoms with Gasteiger partial charge in [-0.3, -0.25) is 0 Å². The molecule has 2 aromatic carbocycles. The Morgan fingerprint density at radius 2 is 1.76 bits per heavy atom. The molecule has 17 heavy (non-hydrogen) atoms. The zero-order valence-electron chi connectivity index (χ0n) is 10.1. The summed E-state index contributed by atoms with van der Waals surface area (Å²) in [5, 5.41) is 0. The standard InChI is InChI=1S/C15H18N2/c1-2-17(15-9-4-3-5-10-15)12-13-7-6-8-14(16)11-13/h3-11H,2,12,16H2,1H3. The normalized spacial score (nSPS) is 10.2. The molecule has 88 valence electrons. The van der Waals surface area contributed by atoms with E-state index in [1.807, 2.05) is 24.3 Å². The van der Waals surface area contributed by atoms with Crippen molar-refractivity contribution in [2.45, 2.75) is 13.5 Å². The maximum absolute atomic E-state index is 5.80. The number of anilines is 2. The van der Waals surface area contributed by atoms with Gasteiger partial charge in [-0.1, -0.05) is 30.3 Å². The number of nitrogen functional groups attached to an aromatic ring is 1. The molecule has 2 N–H and O–H groups in total. The molecule has 0 atom stereocenters. The average molecular weight is 226 g/mol. The fourth-order valence-corrected chi connectivity index (χ4v) is 1.94. The van der Waals surface area contributed by atoms with E-state index in [4.69, 9.17) is 5.73 Å². The van der Waals surface area contributed by atoms with E-state index in [1.54, 1.807) is 0 Å². The number of nitrogens with two attached hydrogens (primary N) is 1. The van der Waals surface area contributed by atoms with Crippen molar-refractivity contribution < 1.29 is 0 Å². The van der Waals surface area contributed by atoms with Crippen molar-refractivity contribution in [3.63, 3.8) is 0 Å². The van der Waals surface area contributed by atoms with Gasteiger partial charge in [0.25, 0.3) is 0 Å². The zero-order chi connectivity index (χ0) is 12.1. The molecule has 0 aliphatic heterocycles. The second-order valence-electron chi connectivity index (χ2n) is 4.09. The second-order valence-corrected chi connectivity index (χ2v) is 4.09.